The van der Waals surface area contributed by atoms with Crippen molar-refractivity contribution in [3.63, 3.8) is 0 Å². The Balaban J connectivity index is 2.09. The normalized spacial score (nSPS) is 19.2. The van der Waals surface area contributed by atoms with Crippen molar-refractivity contribution in [1.82, 2.24) is 14.6 Å². The van der Waals surface area contributed by atoms with Gasteiger partial charge in [-0.25, -0.2) is 18.7 Å². The van der Waals surface area contributed by atoms with Crippen LogP contribution in [0.2, 0.25) is 0 Å². The number of fused-ring (bicyclic) bond motifs is 1. The molecule has 2 aromatic heterocycles. The van der Waals surface area contributed by atoms with Gasteiger partial charge in [-0.3, -0.25) is 0 Å². The zero-order chi connectivity index (χ0) is 13.6. The molecule has 2 aromatic rings. The number of alkyl halides is 1. The molecule has 0 aromatic carbocycles. The van der Waals surface area contributed by atoms with Crippen molar-refractivity contribution in [2.75, 3.05) is 23.7 Å². The van der Waals surface area contributed by atoms with E-state index in [0.717, 1.165) is 0 Å². The first kappa shape index (κ1) is 11.7. The van der Waals surface area contributed by atoms with Gasteiger partial charge in [0.05, 0.1) is 6.54 Å². The second-order valence-electron chi connectivity index (χ2n) is 4.45. The van der Waals surface area contributed by atoms with Crippen molar-refractivity contribution < 1.29 is 14.3 Å². The van der Waals surface area contributed by atoms with E-state index < -0.39 is 12.1 Å². The molecule has 8 heteroatoms. The van der Waals surface area contributed by atoms with Crippen LogP contribution in [0.5, 0.6) is 0 Å². The van der Waals surface area contributed by atoms with E-state index in [1.54, 1.807) is 17.2 Å². The van der Waals surface area contributed by atoms with Crippen LogP contribution in [0.15, 0.2) is 12.3 Å². The first-order valence-corrected chi connectivity index (χ1v) is 5.83. The van der Waals surface area contributed by atoms with Gasteiger partial charge in [-0.15, -0.1) is 5.10 Å². The highest BCUT2D eigenvalue weighted by Crippen LogP contribution is 2.23. The SMILES string of the molecule is Nc1nn2ccc(N3CCC(F)C3)nc2c1C(=O)O. The molecule has 0 bridgehead atoms. The zero-order valence-corrected chi connectivity index (χ0v) is 9.95. The Kier molecular flexibility index (Phi) is 2.51. The van der Waals surface area contributed by atoms with Crippen LogP contribution >= 0.6 is 0 Å². The third-order valence-electron chi connectivity index (χ3n) is 3.17. The van der Waals surface area contributed by atoms with Crippen LogP contribution in [0.3, 0.4) is 0 Å². The number of aromatic carboxylic acids is 1. The van der Waals surface area contributed by atoms with Gasteiger partial charge in [0.25, 0.3) is 0 Å². The summed E-state index contributed by atoms with van der Waals surface area (Å²) in [6.45, 7) is 0.839. The molecule has 1 aliphatic heterocycles. The number of nitrogens with two attached hydrogens (primary N) is 1. The Morgan fingerprint density at radius 3 is 3.00 bits per heavy atom. The number of halogens is 1. The Hall–Kier alpha value is -2.38. The fraction of sp³-hybridized carbons (Fsp3) is 0.364. The molecule has 100 valence electrons. The molecule has 3 rings (SSSR count). The number of hydrogen-bond donors (Lipinski definition) is 2. The van der Waals surface area contributed by atoms with E-state index in [4.69, 9.17) is 10.8 Å². The van der Waals surface area contributed by atoms with Gasteiger partial charge in [0.1, 0.15) is 17.6 Å². The number of nitrogens with zero attached hydrogens (tertiary/aromatic N) is 4. The Morgan fingerprint density at radius 2 is 2.37 bits per heavy atom. The molecule has 0 amide bonds. The number of aromatic nitrogens is 3. The minimum absolute atomic E-state index is 0.0815. The molecule has 3 heterocycles. The summed E-state index contributed by atoms with van der Waals surface area (Å²) in [6.07, 6.45) is 1.17. The van der Waals surface area contributed by atoms with Crippen molar-refractivity contribution in [2.24, 2.45) is 0 Å². The lowest BCUT2D eigenvalue weighted by Crippen LogP contribution is -2.21. The van der Waals surface area contributed by atoms with Crippen molar-refractivity contribution in [2.45, 2.75) is 12.6 Å². The predicted octanol–water partition coefficient (Wildman–Crippen LogP) is 0.558. The number of carboxylic acid groups (broad SMARTS) is 1. The van der Waals surface area contributed by atoms with Crippen LogP contribution in [0.25, 0.3) is 5.65 Å². The third-order valence-corrected chi connectivity index (χ3v) is 3.17. The second kappa shape index (κ2) is 4.08. The van der Waals surface area contributed by atoms with Crippen LogP contribution in [-0.4, -0.2) is 44.9 Å². The summed E-state index contributed by atoms with van der Waals surface area (Å²) in [6, 6.07) is 1.67. The summed E-state index contributed by atoms with van der Waals surface area (Å²) in [5.74, 6) is -0.723. The third kappa shape index (κ3) is 1.85. The van der Waals surface area contributed by atoms with Crippen molar-refractivity contribution in [3.05, 3.63) is 17.8 Å². The van der Waals surface area contributed by atoms with E-state index in [0.29, 0.717) is 18.8 Å². The lowest BCUT2D eigenvalue weighted by atomic mass is 10.3. The zero-order valence-electron chi connectivity index (χ0n) is 9.95. The molecular formula is C11H12FN5O2. The first-order chi connectivity index (χ1) is 9.06. The highest BCUT2D eigenvalue weighted by molar-refractivity contribution is 5.99. The molecule has 19 heavy (non-hydrogen) atoms. The van der Waals surface area contributed by atoms with Crippen LogP contribution in [-0.2, 0) is 0 Å². The van der Waals surface area contributed by atoms with Gasteiger partial charge in [0.15, 0.2) is 11.5 Å². The summed E-state index contributed by atoms with van der Waals surface area (Å²) in [5, 5.41) is 13.0. The van der Waals surface area contributed by atoms with Crippen LogP contribution in [0, 0.1) is 0 Å². The second-order valence-corrected chi connectivity index (χ2v) is 4.45. The summed E-state index contributed by atoms with van der Waals surface area (Å²) in [7, 11) is 0. The van der Waals surface area contributed by atoms with E-state index >= 15 is 0 Å². The van der Waals surface area contributed by atoms with Crippen molar-refractivity contribution >= 4 is 23.3 Å². The molecule has 1 fully saturated rings. The smallest absolute Gasteiger partial charge is 0.343 e. The Labute approximate surface area is 107 Å². The van der Waals surface area contributed by atoms with Crippen LogP contribution in [0.4, 0.5) is 16.0 Å². The van der Waals surface area contributed by atoms with Crippen LogP contribution in [0.1, 0.15) is 16.8 Å². The molecule has 0 saturated carbocycles. The van der Waals surface area contributed by atoms with Gasteiger partial charge < -0.3 is 15.7 Å². The van der Waals surface area contributed by atoms with Crippen molar-refractivity contribution in [1.29, 1.82) is 0 Å². The van der Waals surface area contributed by atoms with Gasteiger partial charge in [0.2, 0.25) is 0 Å². The van der Waals surface area contributed by atoms with E-state index in [9.17, 15) is 9.18 Å². The molecule has 1 saturated heterocycles. The monoisotopic (exact) mass is 265 g/mol. The van der Waals surface area contributed by atoms with Gasteiger partial charge in [-0.2, -0.15) is 0 Å². The fourth-order valence-corrected chi connectivity index (χ4v) is 2.24. The number of hydrogen-bond acceptors (Lipinski definition) is 5. The highest BCUT2D eigenvalue weighted by atomic mass is 19.1. The summed E-state index contributed by atoms with van der Waals surface area (Å²) in [4.78, 5) is 17.1. The quantitative estimate of drug-likeness (QED) is 0.823. The van der Waals surface area contributed by atoms with Gasteiger partial charge >= 0.3 is 5.97 Å². The van der Waals surface area contributed by atoms with E-state index in [-0.39, 0.29) is 23.6 Å². The molecule has 7 nitrogen and oxygen atoms in total. The van der Waals surface area contributed by atoms with E-state index in [2.05, 4.69) is 10.1 Å². The topological polar surface area (TPSA) is 96.8 Å². The van der Waals surface area contributed by atoms with Gasteiger partial charge in [0, 0.05) is 12.7 Å². The Bertz CT molecular complexity index is 656. The van der Waals surface area contributed by atoms with Gasteiger partial charge in [-0.05, 0) is 12.5 Å². The maximum absolute atomic E-state index is 13.2. The summed E-state index contributed by atoms with van der Waals surface area (Å²) in [5.41, 5.74) is 5.60. The number of anilines is 2. The lowest BCUT2D eigenvalue weighted by Gasteiger charge is -2.15. The Morgan fingerprint density at radius 1 is 1.58 bits per heavy atom. The van der Waals surface area contributed by atoms with E-state index in [1.807, 2.05) is 0 Å². The number of nitrogen functional groups attached to an aromatic ring is 1. The molecule has 3 N–H and O–H groups in total. The first-order valence-electron chi connectivity index (χ1n) is 5.83. The fourth-order valence-electron chi connectivity index (χ4n) is 2.24. The molecule has 1 unspecified atom stereocenters. The average molecular weight is 265 g/mol. The molecule has 1 atom stereocenters. The number of rotatable bonds is 2. The highest BCUT2D eigenvalue weighted by Gasteiger charge is 2.24. The molecule has 0 spiro atoms. The summed E-state index contributed by atoms with van der Waals surface area (Å²) < 4.78 is 14.5. The standard InChI is InChI=1S/C11H12FN5O2/c12-6-1-3-16(5-6)7-2-4-17-10(14-7)8(11(18)19)9(13)15-17/h2,4,6H,1,3,5H2,(H2,13,15)(H,18,19). The van der Waals surface area contributed by atoms with Gasteiger partial charge in [-0.1, -0.05) is 0 Å². The predicted molar refractivity (Wildman–Crippen MR) is 66.1 cm³/mol. The average Bonchev–Trinajstić information content (AvgIpc) is 2.90. The maximum Gasteiger partial charge on any atom is 0.343 e. The molecule has 0 radical (unpaired) electrons. The van der Waals surface area contributed by atoms with Crippen molar-refractivity contribution in [3.8, 4) is 0 Å². The molecule has 0 aliphatic carbocycles. The number of carboxylic acids is 1. The molecular weight excluding hydrogens is 253 g/mol. The largest absolute Gasteiger partial charge is 0.477 e. The molecule has 1 aliphatic rings. The van der Waals surface area contributed by atoms with E-state index in [1.165, 1.54) is 4.52 Å². The van der Waals surface area contributed by atoms with Crippen LogP contribution < -0.4 is 10.6 Å². The minimum Gasteiger partial charge on any atom is -0.477 e. The minimum atomic E-state index is -1.18. The maximum atomic E-state index is 13.2. The number of carbonyl (C=O) groups is 1. The lowest BCUT2D eigenvalue weighted by molar-refractivity contribution is 0.0700. The summed E-state index contributed by atoms with van der Waals surface area (Å²) >= 11 is 0.